The van der Waals surface area contributed by atoms with Crippen molar-refractivity contribution in [2.24, 2.45) is 5.92 Å². The molecule has 0 spiro atoms. The largest absolute Gasteiger partial charge is 0.493 e. The monoisotopic (exact) mass is 569 g/mol. The van der Waals surface area contributed by atoms with E-state index < -0.39 is 0 Å². The van der Waals surface area contributed by atoms with Gasteiger partial charge in [0.15, 0.2) is 11.5 Å². The second-order valence-corrected chi connectivity index (χ2v) is 10.7. The molecule has 0 N–H and O–H groups in total. The number of rotatable bonds is 12. The standard InChI is InChI=1S/C30H36FN3O5S/c1-4-39-30(36)23-9-7-14-34(18-23)29(35)25-20-40-28(32-25)19-33(17-22-8-5-6-10-24(22)31)15-13-21-11-12-26(37-2)27(16-21)38-3/h5-6,8,10-12,16,20,23H,4,7,9,13-15,17-19H2,1-3H3. The average Bonchev–Trinajstić information content (AvgIpc) is 3.45. The molecule has 0 aliphatic carbocycles. The molecule has 4 rings (SSSR count). The van der Waals surface area contributed by atoms with Crippen molar-refractivity contribution >= 4 is 23.2 Å². The highest BCUT2D eigenvalue weighted by atomic mass is 32.1. The molecule has 1 aliphatic heterocycles. The van der Waals surface area contributed by atoms with E-state index in [-0.39, 0.29) is 23.6 Å². The van der Waals surface area contributed by atoms with Crippen LogP contribution in [0.4, 0.5) is 4.39 Å². The number of thiazole rings is 1. The molecule has 1 unspecified atom stereocenters. The van der Waals surface area contributed by atoms with Crippen LogP contribution in [0, 0.1) is 11.7 Å². The van der Waals surface area contributed by atoms with Gasteiger partial charge in [-0.2, -0.15) is 0 Å². The summed E-state index contributed by atoms with van der Waals surface area (Å²) in [6.07, 6.45) is 2.17. The van der Waals surface area contributed by atoms with Gasteiger partial charge >= 0.3 is 5.97 Å². The summed E-state index contributed by atoms with van der Waals surface area (Å²) in [5.74, 6) is 0.335. The Morgan fingerprint density at radius 3 is 2.67 bits per heavy atom. The fourth-order valence-electron chi connectivity index (χ4n) is 4.85. The molecule has 1 atom stereocenters. The Morgan fingerprint density at radius 2 is 1.93 bits per heavy atom. The SMILES string of the molecule is CCOC(=O)C1CCCN(C(=O)c2csc(CN(CCc3ccc(OC)c(OC)c3)Cc3ccccc3F)n2)C1. The Hall–Kier alpha value is -3.50. The van der Waals surface area contributed by atoms with Crippen molar-refractivity contribution in [3.63, 3.8) is 0 Å². The molecule has 214 valence electrons. The molecular formula is C30H36FN3O5S. The first-order valence-corrected chi connectivity index (χ1v) is 14.4. The minimum Gasteiger partial charge on any atom is -0.493 e. The molecule has 1 amide bonds. The Morgan fingerprint density at radius 1 is 1.12 bits per heavy atom. The summed E-state index contributed by atoms with van der Waals surface area (Å²) in [5.41, 5.74) is 2.03. The van der Waals surface area contributed by atoms with Gasteiger partial charge in [-0.25, -0.2) is 9.37 Å². The maximum Gasteiger partial charge on any atom is 0.310 e. The molecule has 2 heterocycles. The van der Waals surface area contributed by atoms with Gasteiger partial charge in [0.05, 0.1) is 33.3 Å². The lowest BCUT2D eigenvalue weighted by molar-refractivity contribution is -0.149. The van der Waals surface area contributed by atoms with Crippen molar-refractivity contribution in [3.05, 3.63) is 75.5 Å². The number of carbonyl (C=O) groups is 2. The van der Waals surface area contributed by atoms with Gasteiger partial charge in [0.1, 0.15) is 16.5 Å². The minimum absolute atomic E-state index is 0.178. The van der Waals surface area contributed by atoms with Gasteiger partial charge in [-0.1, -0.05) is 24.3 Å². The summed E-state index contributed by atoms with van der Waals surface area (Å²) >= 11 is 1.41. The Kier molecular flexibility index (Phi) is 10.5. The van der Waals surface area contributed by atoms with Crippen LogP contribution in [-0.4, -0.2) is 67.1 Å². The molecule has 0 saturated carbocycles. The molecule has 3 aromatic rings. The zero-order valence-electron chi connectivity index (χ0n) is 23.2. The number of benzene rings is 2. The number of methoxy groups -OCH3 is 2. The molecule has 40 heavy (non-hydrogen) atoms. The van der Waals surface area contributed by atoms with Crippen LogP contribution in [0.3, 0.4) is 0 Å². The zero-order chi connectivity index (χ0) is 28.5. The molecular weight excluding hydrogens is 533 g/mol. The second kappa shape index (κ2) is 14.2. The van der Waals surface area contributed by atoms with E-state index in [1.165, 1.54) is 17.4 Å². The zero-order valence-corrected chi connectivity index (χ0v) is 24.0. The maximum atomic E-state index is 14.5. The van der Waals surface area contributed by atoms with Crippen molar-refractivity contribution in [2.75, 3.05) is 40.5 Å². The van der Waals surface area contributed by atoms with Crippen LogP contribution >= 0.6 is 11.3 Å². The third-order valence-electron chi connectivity index (χ3n) is 6.97. The molecule has 2 aromatic carbocycles. The molecule has 0 bridgehead atoms. The third-order valence-corrected chi connectivity index (χ3v) is 7.81. The first kappa shape index (κ1) is 29.5. The van der Waals surface area contributed by atoms with Gasteiger partial charge < -0.3 is 19.1 Å². The van der Waals surface area contributed by atoms with E-state index in [0.717, 1.165) is 23.4 Å². The van der Waals surface area contributed by atoms with Gasteiger partial charge in [0.2, 0.25) is 0 Å². The van der Waals surface area contributed by atoms with Crippen LogP contribution in [0.25, 0.3) is 0 Å². The van der Waals surface area contributed by atoms with Crippen LogP contribution in [0.5, 0.6) is 11.5 Å². The number of hydrogen-bond acceptors (Lipinski definition) is 8. The first-order chi connectivity index (χ1) is 19.4. The van der Waals surface area contributed by atoms with Crippen molar-refractivity contribution in [2.45, 2.75) is 39.3 Å². The molecule has 10 heteroatoms. The number of amides is 1. The van der Waals surface area contributed by atoms with Crippen molar-refractivity contribution in [1.29, 1.82) is 0 Å². The van der Waals surface area contributed by atoms with Crippen LogP contribution in [0.1, 0.15) is 46.4 Å². The number of ether oxygens (including phenoxy) is 3. The number of piperidine rings is 1. The van der Waals surface area contributed by atoms with E-state index in [4.69, 9.17) is 14.2 Å². The number of hydrogen-bond donors (Lipinski definition) is 0. The maximum absolute atomic E-state index is 14.5. The van der Waals surface area contributed by atoms with Gasteiger partial charge in [0, 0.05) is 37.1 Å². The van der Waals surface area contributed by atoms with Crippen LogP contribution in [0.15, 0.2) is 47.8 Å². The smallest absolute Gasteiger partial charge is 0.310 e. The molecule has 1 aromatic heterocycles. The van der Waals surface area contributed by atoms with Crippen LogP contribution in [0.2, 0.25) is 0 Å². The summed E-state index contributed by atoms with van der Waals surface area (Å²) in [7, 11) is 3.21. The van der Waals surface area contributed by atoms with Gasteiger partial charge in [-0.3, -0.25) is 14.5 Å². The van der Waals surface area contributed by atoms with E-state index in [1.54, 1.807) is 43.6 Å². The summed E-state index contributed by atoms with van der Waals surface area (Å²) in [4.78, 5) is 33.9. The lowest BCUT2D eigenvalue weighted by atomic mass is 9.98. The van der Waals surface area contributed by atoms with Crippen molar-refractivity contribution in [3.8, 4) is 11.5 Å². The lowest BCUT2D eigenvalue weighted by Gasteiger charge is -2.31. The second-order valence-electron chi connectivity index (χ2n) is 9.71. The average molecular weight is 570 g/mol. The Bertz CT molecular complexity index is 1300. The van der Waals surface area contributed by atoms with Crippen LogP contribution in [-0.2, 0) is 29.0 Å². The summed E-state index contributed by atoms with van der Waals surface area (Å²) < 4.78 is 30.5. The predicted molar refractivity (Wildman–Crippen MR) is 151 cm³/mol. The highest BCUT2D eigenvalue weighted by Gasteiger charge is 2.30. The molecule has 0 radical (unpaired) electrons. The fourth-order valence-corrected chi connectivity index (χ4v) is 5.66. The minimum atomic E-state index is -0.302. The van der Waals surface area contributed by atoms with Gasteiger partial charge in [0.25, 0.3) is 5.91 Å². The number of carbonyl (C=O) groups excluding carboxylic acids is 2. The first-order valence-electron chi connectivity index (χ1n) is 13.5. The number of nitrogens with zero attached hydrogens (tertiary/aromatic N) is 3. The normalized spacial score (nSPS) is 15.2. The van der Waals surface area contributed by atoms with E-state index in [1.807, 2.05) is 24.3 Å². The van der Waals surface area contributed by atoms with E-state index in [0.29, 0.717) is 68.5 Å². The molecule has 1 saturated heterocycles. The number of esters is 1. The quantitative estimate of drug-likeness (QED) is 0.285. The Labute approximate surface area is 238 Å². The number of likely N-dealkylation sites (tertiary alicyclic amines) is 1. The van der Waals surface area contributed by atoms with E-state index in [2.05, 4.69) is 9.88 Å². The predicted octanol–water partition coefficient (Wildman–Crippen LogP) is 4.96. The highest BCUT2D eigenvalue weighted by Crippen LogP contribution is 2.28. The van der Waals surface area contributed by atoms with E-state index in [9.17, 15) is 14.0 Å². The fraction of sp³-hybridized carbons (Fsp3) is 0.433. The summed E-state index contributed by atoms with van der Waals surface area (Å²) in [6.45, 7) is 4.54. The summed E-state index contributed by atoms with van der Waals surface area (Å²) in [6, 6.07) is 12.6. The summed E-state index contributed by atoms with van der Waals surface area (Å²) in [5, 5.41) is 2.53. The molecule has 1 fully saturated rings. The van der Waals surface area contributed by atoms with E-state index >= 15 is 0 Å². The topological polar surface area (TPSA) is 81.2 Å². The highest BCUT2D eigenvalue weighted by molar-refractivity contribution is 7.09. The Balaban J connectivity index is 1.45. The number of halogens is 1. The lowest BCUT2D eigenvalue weighted by Crippen LogP contribution is -2.43. The molecule has 1 aliphatic rings. The van der Waals surface area contributed by atoms with Crippen LogP contribution < -0.4 is 9.47 Å². The van der Waals surface area contributed by atoms with Crippen molar-refractivity contribution in [1.82, 2.24) is 14.8 Å². The van der Waals surface area contributed by atoms with Crippen molar-refractivity contribution < 1.29 is 28.2 Å². The molecule has 8 nitrogen and oxygen atoms in total. The third kappa shape index (κ3) is 7.57. The van der Waals surface area contributed by atoms with Gasteiger partial charge in [-0.05, 0) is 49.9 Å². The number of aromatic nitrogens is 1. The van der Waals surface area contributed by atoms with Gasteiger partial charge in [-0.15, -0.1) is 11.3 Å².